The van der Waals surface area contributed by atoms with E-state index in [1.807, 2.05) is 0 Å². The van der Waals surface area contributed by atoms with Crippen molar-refractivity contribution in [2.24, 2.45) is 5.16 Å². The number of Topliss-reactive ketones (excluding diaryl/α,β-unsaturated/α-hetero) is 1. The quantitative estimate of drug-likeness (QED) is 0.213. The normalized spacial score (nSPS) is 11.1. The Labute approximate surface area is 60.0 Å². The maximum atomic E-state index is 10.2. The van der Waals surface area contributed by atoms with Crippen LogP contribution in [0.5, 0.6) is 0 Å². The van der Waals surface area contributed by atoms with Gasteiger partial charge in [0.05, 0.1) is 0 Å². The van der Waals surface area contributed by atoms with E-state index in [1.165, 1.54) is 0 Å². The van der Waals surface area contributed by atoms with Crippen LogP contribution in [0.1, 0.15) is 0 Å². The maximum Gasteiger partial charge on any atom is 0.295 e. The third-order valence-corrected chi connectivity index (χ3v) is 0.873. The van der Waals surface area contributed by atoms with Crippen LogP contribution in [-0.2, 0) is 9.59 Å². The minimum atomic E-state index is -1.28. The average Bonchev–Trinajstić information content (AvgIpc) is 1.84. The Morgan fingerprint density at radius 1 is 1.33 bits per heavy atom. The van der Waals surface area contributed by atoms with Crippen LogP contribution in [0.15, 0.2) is 5.16 Å². The van der Waals surface area contributed by atoms with Crippen molar-refractivity contribution in [1.29, 1.82) is 0 Å². The summed E-state index contributed by atoms with van der Waals surface area (Å²) < 4.78 is 0. The predicted molar refractivity (Wildman–Crippen MR) is 30.9 cm³/mol. The van der Waals surface area contributed by atoms with Gasteiger partial charge in [0, 0.05) is 0 Å². The van der Waals surface area contributed by atoms with Crippen molar-refractivity contribution in [1.82, 2.24) is 0 Å². The smallest absolute Gasteiger partial charge is 0.295 e. The molecule has 0 radical (unpaired) electrons. The zero-order valence-corrected chi connectivity index (χ0v) is 5.48. The summed E-state index contributed by atoms with van der Waals surface area (Å²) in [6.45, 7) is 0. The molecule has 0 saturated heterocycles. The Morgan fingerprint density at radius 2 is 1.78 bits per heavy atom. The van der Waals surface area contributed by atoms with E-state index in [9.17, 15) is 9.59 Å². The Balaban J connectivity index is 4.23. The Hall–Kier alpha value is -0.610. The monoisotopic (exact) mass is 169 g/mol. The van der Waals surface area contributed by atoms with Crippen molar-refractivity contribution in [3.05, 3.63) is 0 Å². The molecule has 9 heavy (non-hydrogen) atoms. The molecule has 0 aromatic carbocycles. The van der Waals surface area contributed by atoms with Crippen LogP contribution in [0.25, 0.3) is 0 Å². The van der Waals surface area contributed by atoms with E-state index in [1.54, 1.807) is 0 Å². The molecule has 0 amide bonds. The van der Waals surface area contributed by atoms with E-state index in [0.29, 0.717) is 0 Å². The fraction of sp³-hybridized carbons (Fsp3) is 0. The van der Waals surface area contributed by atoms with E-state index in [0.717, 1.165) is 0 Å². The lowest BCUT2D eigenvalue weighted by Gasteiger charge is -1.83. The molecule has 6 heteroatoms. The van der Waals surface area contributed by atoms with E-state index in [4.69, 9.17) is 16.8 Å². The van der Waals surface area contributed by atoms with Crippen LogP contribution in [0, 0.1) is 0 Å². The molecular formula is C3HCl2NO3. The van der Waals surface area contributed by atoms with Crippen molar-refractivity contribution in [2.75, 3.05) is 0 Å². The second kappa shape index (κ2) is 3.42. The van der Waals surface area contributed by atoms with Crippen LogP contribution in [0.3, 0.4) is 0 Å². The first kappa shape index (κ1) is 8.39. The van der Waals surface area contributed by atoms with E-state index in [2.05, 4.69) is 16.8 Å². The van der Waals surface area contributed by atoms with E-state index in [-0.39, 0.29) is 0 Å². The summed E-state index contributed by atoms with van der Waals surface area (Å²) in [5, 5.41) is 7.90. The molecule has 0 aliphatic rings. The molecule has 4 nitrogen and oxygen atoms in total. The lowest BCUT2D eigenvalue weighted by Crippen LogP contribution is -2.14. The Morgan fingerprint density at radius 3 is 1.89 bits per heavy atom. The molecule has 0 aliphatic heterocycles. The molecule has 0 heterocycles. The highest BCUT2D eigenvalue weighted by molar-refractivity contribution is 7.01. The summed E-state index contributed by atoms with van der Waals surface area (Å²) >= 11 is 9.49. The topological polar surface area (TPSA) is 66.7 Å². The van der Waals surface area contributed by atoms with Gasteiger partial charge in [0.15, 0.2) is 0 Å². The second-order valence-corrected chi connectivity index (χ2v) is 1.69. The van der Waals surface area contributed by atoms with Gasteiger partial charge in [-0.2, -0.15) is 0 Å². The van der Waals surface area contributed by atoms with Crippen molar-refractivity contribution in [3.8, 4) is 0 Å². The van der Waals surface area contributed by atoms with Crippen molar-refractivity contribution >= 4 is 39.4 Å². The number of halogens is 2. The molecule has 0 aromatic rings. The van der Waals surface area contributed by atoms with Gasteiger partial charge in [-0.1, -0.05) is 16.8 Å². The number of carbonyl (C=O) groups excluding carboxylic acids is 2. The van der Waals surface area contributed by atoms with Gasteiger partial charge < -0.3 is 5.21 Å². The summed E-state index contributed by atoms with van der Waals surface area (Å²) in [4.78, 5) is 20.1. The Kier molecular flexibility index (Phi) is 3.19. The minimum Gasteiger partial charge on any atom is -0.410 e. The largest absolute Gasteiger partial charge is 0.410 e. The van der Waals surface area contributed by atoms with Gasteiger partial charge in [-0.3, -0.25) is 9.59 Å². The van der Waals surface area contributed by atoms with Gasteiger partial charge in [0.25, 0.3) is 11.0 Å². The number of carbonyl (C=O) groups is 2. The molecular weight excluding hydrogens is 169 g/mol. The fourth-order valence-electron chi connectivity index (χ4n) is 0.127. The lowest BCUT2D eigenvalue weighted by atomic mass is 10.5. The second-order valence-electron chi connectivity index (χ2n) is 0.994. The zero-order chi connectivity index (χ0) is 7.44. The first-order chi connectivity index (χ1) is 4.09. The molecule has 0 fully saturated rings. The molecule has 0 unspecified atom stereocenters. The van der Waals surface area contributed by atoms with Gasteiger partial charge in [-0.25, -0.2) is 0 Å². The predicted octanol–water partition coefficient (Wildman–Crippen LogP) is 0.347. The molecule has 0 atom stereocenters. The minimum absolute atomic E-state index is 0.838. The fourth-order valence-corrected chi connectivity index (χ4v) is 0.350. The third-order valence-electron chi connectivity index (χ3n) is 0.454. The lowest BCUT2D eigenvalue weighted by molar-refractivity contribution is -0.127. The number of oxime groups is 1. The molecule has 0 saturated carbocycles. The summed E-state index contributed by atoms with van der Waals surface area (Å²) in [6.07, 6.45) is 0. The summed E-state index contributed by atoms with van der Waals surface area (Å²) in [5.41, 5.74) is 0. The number of hydrogen-bond acceptors (Lipinski definition) is 4. The third kappa shape index (κ3) is 2.43. The highest BCUT2D eigenvalue weighted by atomic mass is 35.5. The van der Waals surface area contributed by atoms with E-state index < -0.39 is 16.2 Å². The van der Waals surface area contributed by atoms with E-state index >= 15 is 0 Å². The van der Waals surface area contributed by atoms with Crippen molar-refractivity contribution < 1.29 is 14.8 Å². The first-order valence-corrected chi connectivity index (χ1v) is 2.47. The van der Waals surface area contributed by atoms with Crippen LogP contribution in [0.4, 0.5) is 0 Å². The molecule has 0 rings (SSSR count). The van der Waals surface area contributed by atoms with Gasteiger partial charge in [-0.15, -0.1) is 0 Å². The zero-order valence-electron chi connectivity index (χ0n) is 3.97. The molecule has 0 spiro atoms. The van der Waals surface area contributed by atoms with Crippen molar-refractivity contribution in [2.45, 2.75) is 0 Å². The number of nitrogens with zero attached hydrogens (tertiary/aromatic N) is 1. The molecule has 0 bridgehead atoms. The van der Waals surface area contributed by atoms with Crippen LogP contribution in [0.2, 0.25) is 0 Å². The average molecular weight is 170 g/mol. The van der Waals surface area contributed by atoms with Crippen LogP contribution in [-0.4, -0.2) is 21.4 Å². The highest BCUT2D eigenvalue weighted by Crippen LogP contribution is 1.91. The SMILES string of the molecule is O=C(Cl)C(=O)/C(Cl)=N/O. The summed E-state index contributed by atoms with van der Waals surface area (Å²) in [5.74, 6) is -1.22. The number of ketones is 1. The van der Waals surface area contributed by atoms with Gasteiger partial charge >= 0.3 is 0 Å². The standard InChI is InChI=1S/C3HCl2NO3/c4-2(6-9)1(7)3(5)8/h9H/b6-2-. The molecule has 1 N–H and O–H groups in total. The van der Waals surface area contributed by atoms with Crippen LogP contribution >= 0.6 is 23.2 Å². The maximum absolute atomic E-state index is 10.2. The van der Waals surface area contributed by atoms with Gasteiger partial charge in [0.2, 0.25) is 5.17 Å². The number of rotatable bonds is 2. The summed E-state index contributed by atoms with van der Waals surface area (Å²) in [7, 11) is 0. The highest BCUT2D eigenvalue weighted by Gasteiger charge is 2.16. The van der Waals surface area contributed by atoms with Gasteiger partial charge in [-0.05, 0) is 11.6 Å². The Bertz CT molecular complexity index is 176. The first-order valence-electron chi connectivity index (χ1n) is 1.71. The van der Waals surface area contributed by atoms with Crippen molar-refractivity contribution in [3.63, 3.8) is 0 Å². The number of hydrogen-bond donors (Lipinski definition) is 1. The molecule has 0 aliphatic carbocycles. The molecule has 50 valence electrons. The summed E-state index contributed by atoms with van der Waals surface area (Å²) in [6, 6.07) is 0. The van der Waals surface area contributed by atoms with Gasteiger partial charge in [0.1, 0.15) is 0 Å². The molecule has 0 aromatic heterocycles. The van der Waals surface area contributed by atoms with Crippen LogP contribution < -0.4 is 0 Å².